The molecule has 1 atom stereocenters. The van der Waals surface area contributed by atoms with Gasteiger partial charge in [0.2, 0.25) is 0 Å². The highest BCUT2D eigenvalue weighted by molar-refractivity contribution is 4.62. The quantitative estimate of drug-likeness (QED) is 0.0659. The predicted molar refractivity (Wildman–Crippen MR) is 177 cm³/mol. The summed E-state index contributed by atoms with van der Waals surface area (Å²) in [5, 5.41) is 26.6. The molecule has 3 N–H and O–H groups in total. The van der Waals surface area contributed by atoms with Crippen molar-refractivity contribution in [1.82, 2.24) is 0 Å². The third-order valence-electron chi connectivity index (χ3n) is 9.06. The van der Waals surface area contributed by atoms with Crippen molar-refractivity contribution in [2.24, 2.45) is 5.92 Å². The van der Waals surface area contributed by atoms with Gasteiger partial charge in [-0.3, -0.25) is 0 Å². The van der Waals surface area contributed by atoms with Crippen molar-refractivity contribution in [1.29, 1.82) is 0 Å². The van der Waals surface area contributed by atoms with Crippen molar-refractivity contribution in [3.63, 3.8) is 0 Å². The first-order chi connectivity index (χ1) is 19.8. The van der Waals surface area contributed by atoms with Gasteiger partial charge in [-0.05, 0) is 25.2 Å². The van der Waals surface area contributed by atoms with E-state index >= 15 is 0 Å². The van der Waals surface area contributed by atoms with Crippen LogP contribution in [0.3, 0.4) is 0 Å². The van der Waals surface area contributed by atoms with Crippen molar-refractivity contribution in [2.45, 2.75) is 212 Å². The van der Waals surface area contributed by atoms with E-state index in [1.54, 1.807) is 0 Å². The first kappa shape index (κ1) is 39.9. The minimum Gasteiger partial charge on any atom is -0.396 e. The zero-order valence-corrected chi connectivity index (χ0v) is 27.4. The average molecular weight is 569 g/mol. The fraction of sp³-hybridized carbons (Fsp3) is 1.00. The predicted octanol–water partition coefficient (Wildman–Crippen LogP) is 11.5. The maximum Gasteiger partial charge on any atom is 0.0431 e. The molecule has 0 radical (unpaired) electrons. The average Bonchev–Trinajstić information content (AvgIpc) is 2.97. The molecule has 0 aliphatic heterocycles. The molecule has 0 bridgehead atoms. The van der Waals surface area contributed by atoms with E-state index in [9.17, 15) is 0 Å². The summed E-state index contributed by atoms with van der Waals surface area (Å²) in [6.07, 6.45) is 44.6. The van der Waals surface area contributed by atoms with Crippen LogP contribution in [0.1, 0.15) is 212 Å². The molecular formula is C37H76O3. The highest BCUT2D eigenvalue weighted by Crippen LogP contribution is 2.25. The van der Waals surface area contributed by atoms with Crippen LogP contribution in [-0.4, -0.2) is 35.1 Å². The van der Waals surface area contributed by atoms with Crippen molar-refractivity contribution in [2.75, 3.05) is 19.8 Å². The van der Waals surface area contributed by atoms with Crippen LogP contribution in [0.15, 0.2) is 0 Å². The monoisotopic (exact) mass is 569 g/mol. The van der Waals surface area contributed by atoms with E-state index in [4.69, 9.17) is 15.3 Å². The minimum atomic E-state index is 0.362. The van der Waals surface area contributed by atoms with Crippen molar-refractivity contribution in [3.05, 3.63) is 0 Å². The molecule has 40 heavy (non-hydrogen) atoms. The topological polar surface area (TPSA) is 60.7 Å². The van der Waals surface area contributed by atoms with Crippen LogP contribution in [0.5, 0.6) is 0 Å². The molecule has 0 aromatic heterocycles. The molecule has 0 fully saturated rings. The van der Waals surface area contributed by atoms with E-state index in [2.05, 4.69) is 0 Å². The lowest BCUT2D eigenvalue weighted by molar-refractivity contribution is 0.282. The summed E-state index contributed by atoms with van der Waals surface area (Å²) in [6.45, 7) is 1.09. The van der Waals surface area contributed by atoms with Crippen LogP contribution in [0, 0.1) is 5.92 Å². The third-order valence-corrected chi connectivity index (χ3v) is 9.06. The molecule has 3 heteroatoms. The molecule has 0 spiro atoms. The van der Waals surface area contributed by atoms with Crippen LogP contribution < -0.4 is 0 Å². The van der Waals surface area contributed by atoms with Crippen LogP contribution >= 0.6 is 0 Å². The lowest BCUT2D eigenvalue weighted by Crippen LogP contribution is -2.01. The molecule has 242 valence electrons. The third kappa shape index (κ3) is 34.1. The van der Waals surface area contributed by atoms with Gasteiger partial charge in [0.05, 0.1) is 0 Å². The summed E-state index contributed by atoms with van der Waals surface area (Å²) in [5.41, 5.74) is 0. The number of aliphatic hydroxyl groups excluding tert-OH is 3. The minimum absolute atomic E-state index is 0.362. The SMILES string of the molecule is OCCCCCCCCCCCCCCCC(CCCCCCCCCCO)CCCCCCCCCCCO. The van der Waals surface area contributed by atoms with E-state index in [-0.39, 0.29) is 0 Å². The molecule has 0 amide bonds. The van der Waals surface area contributed by atoms with E-state index in [1.165, 1.54) is 193 Å². The lowest BCUT2D eigenvalue weighted by atomic mass is 9.89. The van der Waals surface area contributed by atoms with Crippen molar-refractivity contribution >= 4 is 0 Å². The van der Waals surface area contributed by atoms with E-state index in [0.717, 1.165) is 25.2 Å². The van der Waals surface area contributed by atoms with Crippen LogP contribution in [-0.2, 0) is 0 Å². The molecule has 0 heterocycles. The zero-order valence-electron chi connectivity index (χ0n) is 27.4. The normalized spacial score (nSPS) is 12.4. The number of hydrogen-bond acceptors (Lipinski definition) is 3. The summed E-state index contributed by atoms with van der Waals surface area (Å²) < 4.78 is 0. The fourth-order valence-electron chi connectivity index (χ4n) is 6.31. The second-order valence-corrected chi connectivity index (χ2v) is 13.0. The Labute approximate surface area is 252 Å². The van der Waals surface area contributed by atoms with Crippen LogP contribution in [0.4, 0.5) is 0 Å². The number of hydrogen-bond donors (Lipinski definition) is 3. The molecule has 0 aromatic carbocycles. The van der Waals surface area contributed by atoms with Gasteiger partial charge in [-0.2, -0.15) is 0 Å². The van der Waals surface area contributed by atoms with Gasteiger partial charge in [-0.25, -0.2) is 0 Å². The summed E-state index contributed by atoms with van der Waals surface area (Å²) >= 11 is 0. The summed E-state index contributed by atoms with van der Waals surface area (Å²) in [6, 6.07) is 0. The molecule has 1 unspecified atom stereocenters. The summed E-state index contributed by atoms with van der Waals surface area (Å²) in [5.74, 6) is 0.973. The van der Waals surface area contributed by atoms with Crippen molar-refractivity contribution < 1.29 is 15.3 Å². The molecule has 3 nitrogen and oxygen atoms in total. The Bertz CT molecular complexity index is 428. The Hall–Kier alpha value is -0.120. The lowest BCUT2D eigenvalue weighted by Gasteiger charge is -2.17. The number of unbranched alkanes of at least 4 members (excludes halogenated alkanes) is 27. The summed E-state index contributed by atoms with van der Waals surface area (Å²) in [7, 11) is 0. The highest BCUT2D eigenvalue weighted by atomic mass is 16.3. The molecule has 0 saturated heterocycles. The van der Waals surface area contributed by atoms with Gasteiger partial charge < -0.3 is 15.3 Å². The van der Waals surface area contributed by atoms with Gasteiger partial charge in [-0.15, -0.1) is 0 Å². The molecule has 0 rings (SSSR count). The smallest absolute Gasteiger partial charge is 0.0431 e. The van der Waals surface area contributed by atoms with Crippen molar-refractivity contribution in [3.8, 4) is 0 Å². The highest BCUT2D eigenvalue weighted by Gasteiger charge is 2.09. The maximum absolute atomic E-state index is 8.91. The van der Waals surface area contributed by atoms with Crippen LogP contribution in [0.25, 0.3) is 0 Å². The van der Waals surface area contributed by atoms with E-state index < -0.39 is 0 Å². The largest absolute Gasteiger partial charge is 0.396 e. The van der Waals surface area contributed by atoms with Gasteiger partial charge in [0, 0.05) is 19.8 Å². The second-order valence-electron chi connectivity index (χ2n) is 13.0. The Balaban J connectivity index is 3.84. The molecular weight excluding hydrogens is 492 g/mol. The van der Waals surface area contributed by atoms with Gasteiger partial charge in [0.25, 0.3) is 0 Å². The molecule has 0 saturated carbocycles. The molecule has 0 aliphatic carbocycles. The first-order valence-electron chi connectivity index (χ1n) is 18.7. The first-order valence-corrected chi connectivity index (χ1v) is 18.7. The Kier molecular flexibility index (Phi) is 36.8. The zero-order chi connectivity index (χ0) is 29.0. The van der Waals surface area contributed by atoms with E-state index in [0.29, 0.717) is 19.8 Å². The number of aliphatic hydroxyl groups is 3. The second kappa shape index (κ2) is 36.9. The Morgan fingerprint density at radius 3 is 0.525 bits per heavy atom. The Morgan fingerprint density at radius 2 is 0.350 bits per heavy atom. The van der Waals surface area contributed by atoms with E-state index in [1.807, 2.05) is 0 Å². The fourth-order valence-corrected chi connectivity index (χ4v) is 6.31. The standard InChI is InChI=1S/C37H76O3/c38-34-28-22-16-10-5-3-1-2-4-7-13-19-25-31-37(33-27-21-15-9-12-18-24-30-36-40)32-26-20-14-8-6-11-17-23-29-35-39/h37-40H,1-36H2. The maximum atomic E-state index is 8.91. The van der Waals surface area contributed by atoms with Crippen LogP contribution in [0.2, 0.25) is 0 Å². The molecule has 0 aliphatic rings. The van der Waals surface area contributed by atoms with Gasteiger partial charge in [0.15, 0.2) is 0 Å². The van der Waals surface area contributed by atoms with Gasteiger partial charge in [0.1, 0.15) is 0 Å². The Morgan fingerprint density at radius 1 is 0.200 bits per heavy atom. The van der Waals surface area contributed by atoms with Gasteiger partial charge in [-0.1, -0.05) is 193 Å². The van der Waals surface area contributed by atoms with Gasteiger partial charge >= 0.3 is 0 Å². The number of rotatable bonds is 36. The molecule has 0 aromatic rings. The summed E-state index contributed by atoms with van der Waals surface area (Å²) in [4.78, 5) is 0.